The molecule has 112 valence electrons. The maximum absolute atomic E-state index is 12.2. The van der Waals surface area contributed by atoms with Crippen LogP contribution in [0.15, 0.2) is 18.3 Å². The summed E-state index contributed by atoms with van der Waals surface area (Å²) in [6.45, 7) is 6.44. The van der Waals surface area contributed by atoms with Gasteiger partial charge in [0.15, 0.2) is 0 Å². The van der Waals surface area contributed by atoms with E-state index in [-0.39, 0.29) is 11.8 Å². The molecule has 7 heteroatoms. The van der Waals surface area contributed by atoms with Gasteiger partial charge >= 0.3 is 0 Å². The Morgan fingerprint density at radius 2 is 2.19 bits per heavy atom. The van der Waals surface area contributed by atoms with Crippen molar-refractivity contribution in [1.29, 1.82) is 0 Å². The number of carbonyl (C=O) groups is 1. The van der Waals surface area contributed by atoms with Crippen molar-refractivity contribution in [1.82, 2.24) is 15.3 Å². The Bertz CT molecular complexity index is 638. The average molecular weight is 305 g/mol. The van der Waals surface area contributed by atoms with Gasteiger partial charge in [-0.05, 0) is 25.0 Å². The molecular weight excluding hydrogens is 286 g/mol. The van der Waals surface area contributed by atoms with E-state index >= 15 is 0 Å². The number of hydrogen-bond acceptors (Lipinski definition) is 6. The van der Waals surface area contributed by atoms with Crippen LogP contribution in [0.1, 0.15) is 45.7 Å². The van der Waals surface area contributed by atoms with Crippen LogP contribution >= 0.6 is 11.3 Å². The van der Waals surface area contributed by atoms with Crippen LogP contribution in [0.4, 0.5) is 5.82 Å². The van der Waals surface area contributed by atoms with Crippen LogP contribution in [0.25, 0.3) is 0 Å². The Hall–Kier alpha value is -1.99. The molecular formula is C14H19N5OS. The fraction of sp³-hybridized carbons (Fsp3) is 0.357. The highest BCUT2D eigenvalue weighted by Gasteiger charge is 2.12. The third kappa shape index (κ3) is 3.99. The molecule has 2 rings (SSSR count). The fourth-order valence-corrected chi connectivity index (χ4v) is 2.54. The van der Waals surface area contributed by atoms with Crippen LogP contribution in [-0.2, 0) is 6.54 Å². The van der Waals surface area contributed by atoms with Crippen molar-refractivity contribution in [2.24, 2.45) is 5.84 Å². The van der Waals surface area contributed by atoms with E-state index in [1.54, 1.807) is 29.7 Å². The molecule has 6 nitrogen and oxygen atoms in total. The van der Waals surface area contributed by atoms with E-state index in [4.69, 9.17) is 5.84 Å². The number of rotatable bonds is 5. The lowest BCUT2D eigenvalue weighted by Gasteiger charge is -2.10. The first-order valence-electron chi connectivity index (χ1n) is 6.67. The van der Waals surface area contributed by atoms with Crippen molar-refractivity contribution in [2.75, 3.05) is 5.43 Å². The number of carbonyl (C=O) groups excluding carboxylic acids is 1. The molecule has 0 saturated heterocycles. The molecule has 2 aromatic heterocycles. The molecule has 1 amide bonds. The third-order valence-corrected chi connectivity index (χ3v) is 3.85. The molecule has 21 heavy (non-hydrogen) atoms. The number of hydrazine groups is 1. The molecule has 0 saturated carbocycles. The molecule has 0 bridgehead atoms. The monoisotopic (exact) mass is 305 g/mol. The largest absolute Gasteiger partial charge is 0.347 e. The number of amides is 1. The van der Waals surface area contributed by atoms with Crippen molar-refractivity contribution < 1.29 is 4.79 Å². The summed E-state index contributed by atoms with van der Waals surface area (Å²) in [7, 11) is 0. The first-order valence-corrected chi connectivity index (χ1v) is 7.49. The van der Waals surface area contributed by atoms with E-state index in [9.17, 15) is 4.79 Å². The smallest absolute Gasteiger partial charge is 0.251 e. The van der Waals surface area contributed by atoms with Crippen LogP contribution in [0.3, 0.4) is 0 Å². The van der Waals surface area contributed by atoms with E-state index in [2.05, 4.69) is 20.7 Å². The molecule has 0 aliphatic heterocycles. The third-order valence-electron chi connectivity index (χ3n) is 2.94. The van der Waals surface area contributed by atoms with E-state index in [0.717, 1.165) is 15.6 Å². The van der Waals surface area contributed by atoms with Gasteiger partial charge < -0.3 is 10.7 Å². The maximum atomic E-state index is 12.2. The predicted octanol–water partition coefficient (Wildman–Crippen LogP) is 2.19. The SMILES string of the molecule is Cc1ncc(CNC(=O)c2cc(NN)nc(C(C)C)c2)s1. The van der Waals surface area contributed by atoms with Crippen LogP contribution in [-0.4, -0.2) is 15.9 Å². The van der Waals surface area contributed by atoms with E-state index in [0.29, 0.717) is 17.9 Å². The predicted molar refractivity (Wildman–Crippen MR) is 84.2 cm³/mol. The summed E-state index contributed by atoms with van der Waals surface area (Å²) in [6, 6.07) is 3.43. The Morgan fingerprint density at radius 3 is 2.76 bits per heavy atom. The normalized spacial score (nSPS) is 10.7. The van der Waals surface area contributed by atoms with Crippen molar-refractivity contribution in [3.05, 3.63) is 39.5 Å². The van der Waals surface area contributed by atoms with E-state index < -0.39 is 0 Å². The number of nitrogens with zero attached hydrogens (tertiary/aromatic N) is 2. The highest BCUT2D eigenvalue weighted by molar-refractivity contribution is 7.11. The number of pyridine rings is 1. The zero-order valence-electron chi connectivity index (χ0n) is 12.3. The number of nitrogens with one attached hydrogen (secondary N) is 2. The fourth-order valence-electron chi connectivity index (χ4n) is 1.81. The molecule has 0 spiro atoms. The number of thiazole rings is 1. The summed E-state index contributed by atoms with van der Waals surface area (Å²) < 4.78 is 0. The molecule has 0 radical (unpaired) electrons. The minimum absolute atomic E-state index is 0.151. The van der Waals surface area contributed by atoms with Crippen LogP contribution in [0.2, 0.25) is 0 Å². The second-order valence-electron chi connectivity index (χ2n) is 4.99. The molecule has 0 aliphatic rings. The lowest BCUT2D eigenvalue weighted by molar-refractivity contribution is 0.0951. The molecule has 0 aromatic carbocycles. The van der Waals surface area contributed by atoms with Gasteiger partial charge in [-0.25, -0.2) is 15.8 Å². The highest BCUT2D eigenvalue weighted by atomic mass is 32.1. The first-order chi connectivity index (χ1) is 9.99. The summed E-state index contributed by atoms with van der Waals surface area (Å²) in [4.78, 5) is 21.8. The topological polar surface area (TPSA) is 92.9 Å². The van der Waals surface area contributed by atoms with Gasteiger partial charge in [-0.2, -0.15) is 0 Å². The Kier molecular flexibility index (Phi) is 4.87. The molecule has 0 fully saturated rings. The number of hydrogen-bond donors (Lipinski definition) is 3. The van der Waals surface area contributed by atoms with Crippen molar-refractivity contribution >= 4 is 23.1 Å². The summed E-state index contributed by atoms with van der Waals surface area (Å²) >= 11 is 1.57. The van der Waals surface area contributed by atoms with Crippen LogP contribution in [0.5, 0.6) is 0 Å². The molecule has 0 aliphatic carbocycles. The number of anilines is 1. The maximum Gasteiger partial charge on any atom is 0.251 e. The van der Waals surface area contributed by atoms with Gasteiger partial charge in [-0.1, -0.05) is 13.8 Å². The number of nitrogen functional groups attached to an aromatic ring is 1. The van der Waals surface area contributed by atoms with E-state index in [1.807, 2.05) is 20.8 Å². The second kappa shape index (κ2) is 6.64. The Labute approximate surface area is 127 Å². The summed E-state index contributed by atoms with van der Waals surface area (Å²) in [5, 5.41) is 3.87. The van der Waals surface area contributed by atoms with Gasteiger partial charge in [0, 0.05) is 22.3 Å². The zero-order valence-corrected chi connectivity index (χ0v) is 13.1. The van der Waals surface area contributed by atoms with Crippen molar-refractivity contribution in [3.8, 4) is 0 Å². The van der Waals surface area contributed by atoms with Gasteiger partial charge in [0.1, 0.15) is 5.82 Å². The Morgan fingerprint density at radius 1 is 1.43 bits per heavy atom. The number of nitrogens with two attached hydrogens (primary N) is 1. The minimum Gasteiger partial charge on any atom is -0.347 e. The zero-order chi connectivity index (χ0) is 15.4. The molecule has 4 N–H and O–H groups in total. The van der Waals surface area contributed by atoms with Crippen LogP contribution in [0, 0.1) is 6.92 Å². The van der Waals surface area contributed by atoms with Crippen molar-refractivity contribution in [2.45, 2.75) is 33.2 Å². The molecule has 2 aromatic rings. The summed E-state index contributed by atoms with van der Waals surface area (Å²) in [5.41, 5.74) is 3.86. The average Bonchev–Trinajstić information content (AvgIpc) is 2.89. The summed E-state index contributed by atoms with van der Waals surface area (Å²) in [5.74, 6) is 5.96. The molecule has 0 atom stereocenters. The number of aromatic nitrogens is 2. The van der Waals surface area contributed by atoms with Crippen molar-refractivity contribution in [3.63, 3.8) is 0 Å². The minimum atomic E-state index is -0.151. The van der Waals surface area contributed by atoms with E-state index in [1.165, 1.54) is 0 Å². The lowest BCUT2D eigenvalue weighted by atomic mass is 10.1. The highest BCUT2D eigenvalue weighted by Crippen LogP contribution is 2.17. The summed E-state index contributed by atoms with van der Waals surface area (Å²) in [6.07, 6.45) is 1.78. The van der Waals surface area contributed by atoms with Gasteiger partial charge in [-0.15, -0.1) is 11.3 Å². The quantitative estimate of drug-likeness (QED) is 0.581. The second-order valence-corrected chi connectivity index (χ2v) is 6.31. The standard InChI is InChI=1S/C14H19N5OS/c1-8(2)12-4-10(5-13(18-12)19-15)14(20)17-7-11-6-16-9(3)21-11/h4-6,8H,7,15H2,1-3H3,(H,17,20)(H,18,19). The lowest BCUT2D eigenvalue weighted by Crippen LogP contribution is -2.23. The Balaban J connectivity index is 2.12. The molecule has 2 heterocycles. The first kappa shape index (κ1) is 15.4. The van der Waals surface area contributed by atoms with Crippen LogP contribution < -0.4 is 16.6 Å². The van der Waals surface area contributed by atoms with Gasteiger partial charge in [0.2, 0.25) is 0 Å². The number of aryl methyl sites for hydroxylation is 1. The van der Waals surface area contributed by atoms with Gasteiger partial charge in [-0.3, -0.25) is 4.79 Å². The molecule has 0 unspecified atom stereocenters. The van der Waals surface area contributed by atoms with Gasteiger partial charge in [0.25, 0.3) is 5.91 Å². The van der Waals surface area contributed by atoms with Gasteiger partial charge in [0.05, 0.1) is 11.6 Å².